The maximum atomic E-state index is 13.8. The quantitative estimate of drug-likeness (QED) is 0.549. The first-order chi connectivity index (χ1) is 15.0. The van der Waals surface area contributed by atoms with E-state index >= 15 is 0 Å². The summed E-state index contributed by atoms with van der Waals surface area (Å²) in [7, 11) is 0. The fourth-order valence-electron chi connectivity index (χ4n) is 3.61. The summed E-state index contributed by atoms with van der Waals surface area (Å²) in [6.45, 7) is 8.66. The first-order valence-electron chi connectivity index (χ1n) is 10.8. The van der Waals surface area contributed by atoms with Crippen LogP contribution in [0.4, 0.5) is 4.39 Å². The Morgan fingerprint density at radius 1 is 1.10 bits per heavy atom. The molecule has 1 saturated heterocycles. The number of aliphatic imine (C=N–C) groups is 1. The van der Waals surface area contributed by atoms with E-state index in [0.29, 0.717) is 49.8 Å². The SMILES string of the molecule is CCNC(=NCc1ccc(C(=O)N2CC(C)OC(C)C2)cc1)NCc1ccccc1F. The molecule has 2 unspecified atom stereocenters. The van der Waals surface area contributed by atoms with E-state index in [9.17, 15) is 9.18 Å². The van der Waals surface area contributed by atoms with Gasteiger partial charge in [0, 0.05) is 37.3 Å². The average Bonchev–Trinajstić information content (AvgIpc) is 2.76. The van der Waals surface area contributed by atoms with Crippen molar-refractivity contribution in [2.75, 3.05) is 19.6 Å². The lowest BCUT2D eigenvalue weighted by atomic mass is 10.1. The van der Waals surface area contributed by atoms with Crippen LogP contribution in [0.25, 0.3) is 0 Å². The number of ether oxygens (including phenoxy) is 1. The number of halogens is 1. The van der Waals surface area contributed by atoms with Gasteiger partial charge in [-0.3, -0.25) is 4.79 Å². The number of benzene rings is 2. The summed E-state index contributed by atoms with van der Waals surface area (Å²) in [6.07, 6.45) is 0.0883. The van der Waals surface area contributed by atoms with Crippen LogP contribution < -0.4 is 10.6 Å². The minimum Gasteiger partial charge on any atom is -0.372 e. The maximum Gasteiger partial charge on any atom is 0.254 e. The highest BCUT2D eigenvalue weighted by molar-refractivity contribution is 5.94. The summed E-state index contributed by atoms with van der Waals surface area (Å²) in [5.41, 5.74) is 2.24. The number of hydrogen-bond acceptors (Lipinski definition) is 3. The molecule has 0 spiro atoms. The van der Waals surface area contributed by atoms with Gasteiger partial charge in [-0.05, 0) is 44.5 Å². The Morgan fingerprint density at radius 3 is 2.42 bits per heavy atom. The summed E-state index contributed by atoms with van der Waals surface area (Å²) in [6, 6.07) is 14.2. The van der Waals surface area contributed by atoms with Gasteiger partial charge >= 0.3 is 0 Å². The van der Waals surface area contributed by atoms with Crippen LogP contribution in [-0.2, 0) is 17.8 Å². The van der Waals surface area contributed by atoms with Crippen LogP contribution in [0.15, 0.2) is 53.5 Å². The largest absolute Gasteiger partial charge is 0.372 e. The van der Waals surface area contributed by atoms with E-state index < -0.39 is 0 Å². The Bertz CT molecular complexity index is 891. The van der Waals surface area contributed by atoms with Crippen molar-refractivity contribution in [2.45, 2.75) is 46.1 Å². The lowest BCUT2D eigenvalue weighted by Gasteiger charge is -2.35. The maximum absolute atomic E-state index is 13.8. The predicted molar refractivity (Wildman–Crippen MR) is 120 cm³/mol. The molecule has 6 nitrogen and oxygen atoms in total. The van der Waals surface area contributed by atoms with E-state index in [4.69, 9.17) is 4.74 Å². The number of guanidine groups is 1. The van der Waals surface area contributed by atoms with Gasteiger partial charge < -0.3 is 20.3 Å². The van der Waals surface area contributed by atoms with Crippen molar-refractivity contribution in [3.63, 3.8) is 0 Å². The van der Waals surface area contributed by atoms with Gasteiger partial charge in [0.25, 0.3) is 5.91 Å². The molecule has 2 atom stereocenters. The number of carbonyl (C=O) groups excluding carboxylic acids is 1. The summed E-state index contributed by atoms with van der Waals surface area (Å²) >= 11 is 0. The van der Waals surface area contributed by atoms with Crippen molar-refractivity contribution in [3.8, 4) is 0 Å². The van der Waals surface area contributed by atoms with Gasteiger partial charge in [0.2, 0.25) is 0 Å². The van der Waals surface area contributed by atoms with Gasteiger partial charge in [-0.15, -0.1) is 0 Å². The highest BCUT2D eigenvalue weighted by Gasteiger charge is 2.26. The van der Waals surface area contributed by atoms with Crippen molar-refractivity contribution in [1.29, 1.82) is 0 Å². The summed E-state index contributed by atoms with van der Waals surface area (Å²) in [5, 5.41) is 6.32. The predicted octanol–water partition coefficient (Wildman–Crippen LogP) is 3.33. The third kappa shape index (κ3) is 6.52. The Hall–Kier alpha value is -2.93. The van der Waals surface area contributed by atoms with E-state index in [0.717, 1.165) is 5.56 Å². The topological polar surface area (TPSA) is 66.0 Å². The van der Waals surface area contributed by atoms with E-state index in [1.54, 1.807) is 12.1 Å². The Kier molecular flexibility index (Phi) is 8.00. The van der Waals surface area contributed by atoms with Crippen molar-refractivity contribution in [2.24, 2.45) is 4.99 Å². The molecule has 31 heavy (non-hydrogen) atoms. The minimum atomic E-state index is -0.241. The van der Waals surface area contributed by atoms with E-state index in [-0.39, 0.29) is 23.9 Å². The molecule has 0 aromatic heterocycles. The van der Waals surface area contributed by atoms with Crippen LogP contribution in [0.3, 0.4) is 0 Å². The summed E-state index contributed by atoms with van der Waals surface area (Å²) in [5.74, 6) is 0.398. The van der Waals surface area contributed by atoms with Crippen LogP contribution in [0, 0.1) is 5.82 Å². The molecule has 1 fully saturated rings. The molecule has 0 bridgehead atoms. The third-order valence-electron chi connectivity index (χ3n) is 5.08. The van der Waals surface area contributed by atoms with Crippen molar-refractivity contribution in [3.05, 3.63) is 71.0 Å². The van der Waals surface area contributed by atoms with Gasteiger partial charge in [-0.2, -0.15) is 0 Å². The van der Waals surface area contributed by atoms with Crippen LogP contribution >= 0.6 is 0 Å². The monoisotopic (exact) mass is 426 g/mol. The number of hydrogen-bond donors (Lipinski definition) is 2. The highest BCUT2D eigenvalue weighted by Crippen LogP contribution is 2.15. The lowest BCUT2D eigenvalue weighted by molar-refractivity contribution is -0.0586. The number of morpholine rings is 1. The molecule has 1 amide bonds. The molecule has 0 radical (unpaired) electrons. The minimum absolute atomic E-state index is 0.0249. The Labute approximate surface area is 183 Å². The van der Waals surface area contributed by atoms with Crippen LogP contribution in [0.5, 0.6) is 0 Å². The first-order valence-corrected chi connectivity index (χ1v) is 10.8. The van der Waals surface area contributed by atoms with E-state index in [1.807, 2.05) is 56.0 Å². The molecule has 0 aliphatic carbocycles. The molecule has 0 saturated carbocycles. The second-order valence-electron chi connectivity index (χ2n) is 7.80. The fourth-order valence-corrected chi connectivity index (χ4v) is 3.61. The van der Waals surface area contributed by atoms with Gasteiger partial charge in [0.1, 0.15) is 5.82 Å². The van der Waals surface area contributed by atoms with E-state index in [2.05, 4.69) is 15.6 Å². The van der Waals surface area contributed by atoms with Gasteiger partial charge in [0.15, 0.2) is 5.96 Å². The number of rotatable bonds is 6. The summed E-state index contributed by atoms with van der Waals surface area (Å²) < 4.78 is 19.5. The molecule has 1 aliphatic rings. The standard InChI is InChI=1S/C24H31FN4O2/c1-4-26-24(28-14-21-7-5-6-8-22(21)25)27-13-19-9-11-20(12-10-19)23(30)29-15-17(2)31-18(3)16-29/h5-12,17-18H,4,13-16H2,1-3H3,(H2,26,27,28). The van der Waals surface area contributed by atoms with Crippen molar-refractivity contribution < 1.29 is 13.9 Å². The summed E-state index contributed by atoms with van der Waals surface area (Å²) in [4.78, 5) is 19.2. The smallest absolute Gasteiger partial charge is 0.254 e. The second kappa shape index (κ2) is 10.9. The number of nitrogens with zero attached hydrogens (tertiary/aromatic N) is 2. The average molecular weight is 427 g/mol. The molecule has 2 N–H and O–H groups in total. The van der Waals surface area contributed by atoms with Crippen molar-refractivity contribution >= 4 is 11.9 Å². The molecule has 2 aromatic carbocycles. The molecule has 1 heterocycles. The van der Waals surface area contributed by atoms with Crippen LogP contribution in [0.2, 0.25) is 0 Å². The van der Waals surface area contributed by atoms with Crippen LogP contribution in [-0.4, -0.2) is 48.6 Å². The van der Waals surface area contributed by atoms with Gasteiger partial charge in [-0.1, -0.05) is 30.3 Å². The number of nitrogens with one attached hydrogen (secondary N) is 2. The Morgan fingerprint density at radius 2 is 1.77 bits per heavy atom. The highest BCUT2D eigenvalue weighted by atomic mass is 19.1. The van der Waals surface area contributed by atoms with Gasteiger partial charge in [0.05, 0.1) is 18.8 Å². The zero-order valence-corrected chi connectivity index (χ0v) is 18.4. The van der Waals surface area contributed by atoms with Crippen molar-refractivity contribution in [1.82, 2.24) is 15.5 Å². The normalized spacial score (nSPS) is 19.2. The van der Waals surface area contributed by atoms with E-state index in [1.165, 1.54) is 6.07 Å². The molecule has 166 valence electrons. The molecular weight excluding hydrogens is 395 g/mol. The number of carbonyl (C=O) groups is 1. The molecular formula is C24H31FN4O2. The second-order valence-corrected chi connectivity index (χ2v) is 7.80. The molecule has 1 aliphatic heterocycles. The lowest BCUT2D eigenvalue weighted by Crippen LogP contribution is -2.48. The third-order valence-corrected chi connectivity index (χ3v) is 5.08. The zero-order valence-electron chi connectivity index (χ0n) is 18.4. The zero-order chi connectivity index (χ0) is 22.2. The molecule has 7 heteroatoms. The van der Waals surface area contributed by atoms with Crippen LogP contribution in [0.1, 0.15) is 42.3 Å². The number of amides is 1. The van der Waals surface area contributed by atoms with Gasteiger partial charge in [-0.25, -0.2) is 9.38 Å². The fraction of sp³-hybridized carbons (Fsp3) is 0.417. The molecule has 3 rings (SSSR count). The first kappa shape index (κ1) is 22.7. The molecule has 2 aromatic rings. The Balaban J connectivity index is 1.59.